The smallest absolute Gasteiger partial charge is 0.312 e. The van der Waals surface area contributed by atoms with Crippen LogP contribution in [0.2, 0.25) is 0 Å². The molecule has 0 saturated heterocycles. The highest BCUT2D eigenvalue weighted by Gasteiger charge is 2.22. The van der Waals surface area contributed by atoms with Crippen molar-refractivity contribution in [3.63, 3.8) is 0 Å². The van der Waals surface area contributed by atoms with Crippen LogP contribution >= 0.6 is 0 Å². The van der Waals surface area contributed by atoms with Gasteiger partial charge in [-0.05, 0) is 26.0 Å². The Morgan fingerprint density at radius 2 is 1.95 bits per heavy atom. The van der Waals surface area contributed by atoms with Gasteiger partial charge in [0.15, 0.2) is 5.75 Å². The molecule has 1 aromatic rings. The van der Waals surface area contributed by atoms with Gasteiger partial charge in [-0.25, -0.2) is 13.1 Å². The van der Waals surface area contributed by atoms with Gasteiger partial charge in [0.1, 0.15) is 0 Å². The van der Waals surface area contributed by atoms with E-state index < -0.39 is 14.9 Å². The van der Waals surface area contributed by atoms with Gasteiger partial charge in [-0.15, -0.1) is 0 Å². The standard InChI is InChI=1S/C13H21N3O5S/c1-4-15(5-2)9-8-14-22(19,20)11-6-7-13(21-3)12(10-11)16(17)18/h6-7,10,14H,4-5,8-9H2,1-3H3/p+1. The van der Waals surface area contributed by atoms with Gasteiger partial charge in [0, 0.05) is 6.07 Å². The van der Waals surface area contributed by atoms with Crippen LogP contribution in [0.5, 0.6) is 5.75 Å². The predicted molar refractivity (Wildman–Crippen MR) is 81.7 cm³/mol. The molecule has 0 bridgehead atoms. The quantitative estimate of drug-likeness (QED) is 0.482. The Morgan fingerprint density at radius 1 is 1.32 bits per heavy atom. The molecule has 0 amide bonds. The molecule has 2 N–H and O–H groups in total. The van der Waals surface area contributed by atoms with Crippen LogP contribution in [0.3, 0.4) is 0 Å². The lowest BCUT2D eigenvalue weighted by molar-refractivity contribution is -0.895. The SMILES string of the molecule is CC[NH+](CC)CCNS(=O)(=O)c1ccc(OC)c([N+](=O)[O-])c1. The molecule has 22 heavy (non-hydrogen) atoms. The molecule has 0 aliphatic heterocycles. The van der Waals surface area contributed by atoms with Crippen molar-refractivity contribution in [3.05, 3.63) is 28.3 Å². The molecule has 124 valence electrons. The highest BCUT2D eigenvalue weighted by atomic mass is 32.2. The summed E-state index contributed by atoms with van der Waals surface area (Å²) in [4.78, 5) is 11.4. The summed E-state index contributed by atoms with van der Waals surface area (Å²) in [6.45, 7) is 6.81. The maximum absolute atomic E-state index is 12.2. The predicted octanol–water partition coefficient (Wildman–Crippen LogP) is -0.194. The van der Waals surface area contributed by atoms with E-state index in [1.165, 1.54) is 24.1 Å². The van der Waals surface area contributed by atoms with Crippen molar-refractivity contribution in [3.8, 4) is 5.75 Å². The largest absolute Gasteiger partial charge is 0.490 e. The molecule has 0 unspecified atom stereocenters. The molecule has 0 heterocycles. The Labute approximate surface area is 130 Å². The second-order valence-electron chi connectivity index (χ2n) is 4.70. The van der Waals surface area contributed by atoms with E-state index in [1.807, 2.05) is 13.8 Å². The third-order valence-corrected chi connectivity index (χ3v) is 4.89. The van der Waals surface area contributed by atoms with Crippen LogP contribution in [-0.2, 0) is 10.0 Å². The van der Waals surface area contributed by atoms with Crippen molar-refractivity contribution in [2.24, 2.45) is 0 Å². The Morgan fingerprint density at radius 3 is 2.45 bits per heavy atom. The van der Waals surface area contributed by atoms with Crippen molar-refractivity contribution in [2.45, 2.75) is 18.7 Å². The summed E-state index contributed by atoms with van der Waals surface area (Å²) in [7, 11) is -2.48. The van der Waals surface area contributed by atoms with E-state index in [1.54, 1.807) is 0 Å². The van der Waals surface area contributed by atoms with E-state index >= 15 is 0 Å². The molecule has 1 rings (SSSR count). The van der Waals surface area contributed by atoms with Crippen molar-refractivity contribution in [2.75, 3.05) is 33.3 Å². The zero-order valence-corrected chi connectivity index (χ0v) is 13.8. The third-order valence-electron chi connectivity index (χ3n) is 3.43. The molecule has 0 spiro atoms. The van der Waals surface area contributed by atoms with Crippen LogP contribution in [0.4, 0.5) is 5.69 Å². The Bertz CT molecular complexity index is 614. The number of rotatable bonds is 9. The molecular formula is C13H22N3O5S+. The van der Waals surface area contributed by atoms with Crippen LogP contribution in [0.15, 0.2) is 23.1 Å². The van der Waals surface area contributed by atoms with Crippen molar-refractivity contribution in [1.29, 1.82) is 0 Å². The number of nitro benzene ring substituents is 1. The zero-order chi connectivity index (χ0) is 16.8. The van der Waals surface area contributed by atoms with Gasteiger partial charge in [-0.1, -0.05) is 0 Å². The first-order valence-corrected chi connectivity index (χ1v) is 8.49. The normalized spacial score (nSPS) is 11.6. The lowest BCUT2D eigenvalue weighted by atomic mass is 10.3. The van der Waals surface area contributed by atoms with Crippen molar-refractivity contribution < 1.29 is 23.0 Å². The van der Waals surface area contributed by atoms with Crippen LogP contribution in [0, 0.1) is 10.1 Å². The number of likely N-dealkylation sites (N-methyl/N-ethyl adjacent to an activating group) is 1. The molecule has 0 atom stereocenters. The van der Waals surface area contributed by atoms with Gasteiger partial charge in [0.05, 0.1) is 43.1 Å². The van der Waals surface area contributed by atoms with Gasteiger partial charge in [-0.2, -0.15) is 0 Å². The second-order valence-corrected chi connectivity index (χ2v) is 6.46. The van der Waals surface area contributed by atoms with Gasteiger partial charge < -0.3 is 9.64 Å². The lowest BCUT2D eigenvalue weighted by Gasteiger charge is -2.15. The molecular weight excluding hydrogens is 310 g/mol. The number of hydrogen-bond donors (Lipinski definition) is 2. The first kappa shape index (κ1) is 18.3. The second kappa shape index (κ2) is 8.06. The van der Waals surface area contributed by atoms with Crippen molar-refractivity contribution >= 4 is 15.7 Å². The van der Waals surface area contributed by atoms with Gasteiger partial charge >= 0.3 is 5.69 Å². The maximum atomic E-state index is 12.2. The summed E-state index contributed by atoms with van der Waals surface area (Å²) < 4.78 is 31.7. The van der Waals surface area contributed by atoms with Crippen LogP contribution in [0.25, 0.3) is 0 Å². The summed E-state index contributed by atoms with van der Waals surface area (Å²) in [5.41, 5.74) is -0.375. The fraction of sp³-hybridized carbons (Fsp3) is 0.538. The van der Waals surface area contributed by atoms with Gasteiger partial charge in [0.2, 0.25) is 10.0 Å². The van der Waals surface area contributed by atoms with E-state index in [-0.39, 0.29) is 22.9 Å². The fourth-order valence-electron chi connectivity index (χ4n) is 2.03. The van der Waals surface area contributed by atoms with Crippen LogP contribution in [0.1, 0.15) is 13.8 Å². The number of nitrogens with one attached hydrogen (secondary N) is 2. The zero-order valence-electron chi connectivity index (χ0n) is 13.0. The highest BCUT2D eigenvalue weighted by molar-refractivity contribution is 7.89. The number of sulfonamides is 1. The molecule has 0 fully saturated rings. The first-order chi connectivity index (χ1) is 10.4. The van der Waals surface area contributed by atoms with Crippen molar-refractivity contribution in [1.82, 2.24) is 4.72 Å². The Hall–Kier alpha value is -1.71. The molecule has 1 aromatic carbocycles. The van der Waals surface area contributed by atoms with E-state index in [4.69, 9.17) is 4.74 Å². The number of hydrogen-bond acceptors (Lipinski definition) is 5. The number of benzene rings is 1. The minimum absolute atomic E-state index is 0.0246. The molecule has 0 aromatic heterocycles. The number of methoxy groups -OCH3 is 1. The van der Waals surface area contributed by atoms with E-state index in [0.29, 0.717) is 6.54 Å². The Balaban J connectivity index is 2.89. The number of ether oxygens (including phenoxy) is 1. The summed E-state index contributed by atoms with van der Waals surface area (Å²) in [5, 5.41) is 10.9. The summed E-state index contributed by atoms with van der Waals surface area (Å²) in [6.07, 6.45) is 0. The number of quaternary nitrogens is 1. The van der Waals surface area contributed by atoms with Gasteiger partial charge in [0.25, 0.3) is 0 Å². The first-order valence-electron chi connectivity index (χ1n) is 7.01. The van der Waals surface area contributed by atoms with Crippen LogP contribution in [-0.4, -0.2) is 46.6 Å². The summed E-state index contributed by atoms with van der Waals surface area (Å²) in [5.74, 6) is 0.0246. The molecule has 0 saturated carbocycles. The van der Waals surface area contributed by atoms with E-state index in [0.717, 1.165) is 19.2 Å². The maximum Gasteiger partial charge on any atom is 0.312 e. The summed E-state index contributed by atoms with van der Waals surface area (Å²) in [6, 6.07) is 3.58. The molecule has 0 aliphatic rings. The molecule has 0 aliphatic carbocycles. The molecule has 0 radical (unpaired) electrons. The summed E-state index contributed by atoms with van der Waals surface area (Å²) >= 11 is 0. The average molecular weight is 332 g/mol. The monoisotopic (exact) mass is 332 g/mol. The highest BCUT2D eigenvalue weighted by Crippen LogP contribution is 2.29. The third kappa shape index (κ3) is 4.65. The van der Waals surface area contributed by atoms with Gasteiger partial charge in [-0.3, -0.25) is 10.1 Å². The number of nitro groups is 1. The van der Waals surface area contributed by atoms with E-state index in [2.05, 4.69) is 4.72 Å². The minimum atomic E-state index is -3.78. The van der Waals surface area contributed by atoms with E-state index in [9.17, 15) is 18.5 Å². The fourth-order valence-corrected chi connectivity index (χ4v) is 3.08. The molecule has 8 nitrogen and oxygen atoms in total. The topological polar surface area (TPSA) is 103 Å². The lowest BCUT2D eigenvalue weighted by Crippen LogP contribution is -3.12. The van der Waals surface area contributed by atoms with Crippen LogP contribution < -0.4 is 14.4 Å². The molecule has 9 heteroatoms. The average Bonchev–Trinajstić information content (AvgIpc) is 2.50. The number of nitrogens with zero attached hydrogens (tertiary/aromatic N) is 1. The Kier molecular flexibility index (Phi) is 6.72. The minimum Gasteiger partial charge on any atom is -0.490 e.